The summed E-state index contributed by atoms with van der Waals surface area (Å²) < 4.78 is 25.0. The second-order valence-electron chi connectivity index (χ2n) is 4.42. The molecule has 1 aromatic rings. The molecule has 0 spiro atoms. The van der Waals surface area contributed by atoms with E-state index in [1.807, 2.05) is 20.8 Å². The fourth-order valence-electron chi connectivity index (χ4n) is 1.59. The van der Waals surface area contributed by atoms with Gasteiger partial charge in [0.2, 0.25) is 0 Å². The van der Waals surface area contributed by atoms with Gasteiger partial charge in [0.25, 0.3) is 6.43 Å². The monoisotopic (exact) mass is 214 g/mol. The van der Waals surface area contributed by atoms with Gasteiger partial charge in [0, 0.05) is 11.0 Å². The van der Waals surface area contributed by atoms with E-state index in [1.165, 1.54) is 12.1 Å². The number of rotatable bonds is 3. The average Bonchev–Trinajstić information content (AvgIpc) is 2.17. The summed E-state index contributed by atoms with van der Waals surface area (Å²) >= 11 is 0. The molecule has 0 radical (unpaired) electrons. The van der Waals surface area contributed by atoms with Gasteiger partial charge in [-0.25, -0.2) is 8.78 Å². The molecule has 1 nitrogen and oxygen atoms in total. The van der Waals surface area contributed by atoms with Crippen molar-refractivity contribution in [3.05, 3.63) is 34.9 Å². The Morgan fingerprint density at radius 2 is 1.93 bits per heavy atom. The van der Waals surface area contributed by atoms with E-state index in [9.17, 15) is 13.9 Å². The molecule has 1 N–H and O–H groups in total. The molecule has 0 aliphatic rings. The van der Waals surface area contributed by atoms with E-state index in [0.29, 0.717) is 0 Å². The fourth-order valence-corrected chi connectivity index (χ4v) is 1.59. The summed E-state index contributed by atoms with van der Waals surface area (Å²) in [5.41, 5.74) is 1.24. The van der Waals surface area contributed by atoms with Crippen LogP contribution in [0.2, 0.25) is 0 Å². The van der Waals surface area contributed by atoms with Crippen molar-refractivity contribution in [2.45, 2.75) is 32.6 Å². The molecule has 1 aromatic carbocycles. The molecule has 0 saturated carbocycles. The minimum Gasteiger partial charge on any atom is -0.395 e. The van der Waals surface area contributed by atoms with Gasteiger partial charge in [-0.05, 0) is 24.1 Å². The van der Waals surface area contributed by atoms with Crippen molar-refractivity contribution in [1.29, 1.82) is 0 Å². The van der Waals surface area contributed by atoms with Crippen molar-refractivity contribution < 1.29 is 13.9 Å². The molecule has 0 amide bonds. The Morgan fingerprint density at radius 3 is 2.40 bits per heavy atom. The number of hydrogen-bond donors (Lipinski definition) is 1. The summed E-state index contributed by atoms with van der Waals surface area (Å²) in [5, 5.41) is 9.21. The van der Waals surface area contributed by atoms with Gasteiger partial charge < -0.3 is 5.11 Å². The number of benzene rings is 1. The van der Waals surface area contributed by atoms with Gasteiger partial charge in [-0.1, -0.05) is 26.0 Å². The zero-order valence-corrected chi connectivity index (χ0v) is 9.22. The first kappa shape index (κ1) is 12.1. The summed E-state index contributed by atoms with van der Waals surface area (Å²) in [6, 6.07) is 4.58. The third-order valence-corrected chi connectivity index (χ3v) is 2.64. The second-order valence-corrected chi connectivity index (χ2v) is 4.42. The highest BCUT2D eigenvalue weighted by Gasteiger charge is 2.22. The zero-order valence-electron chi connectivity index (χ0n) is 9.22. The molecule has 0 atom stereocenters. The summed E-state index contributed by atoms with van der Waals surface area (Å²) in [5.74, 6) is 0. The summed E-state index contributed by atoms with van der Waals surface area (Å²) in [6.45, 7) is 5.48. The molecular weight excluding hydrogens is 198 g/mol. The Labute approximate surface area is 88.7 Å². The number of aliphatic hydroxyl groups is 1. The lowest BCUT2D eigenvalue weighted by Crippen LogP contribution is -2.23. The lowest BCUT2D eigenvalue weighted by molar-refractivity contribution is 0.151. The lowest BCUT2D eigenvalue weighted by atomic mass is 9.82. The molecule has 0 aliphatic carbocycles. The average molecular weight is 214 g/mol. The van der Waals surface area contributed by atoms with Gasteiger partial charge in [-0.3, -0.25) is 0 Å². The standard InChI is InChI=1S/C12H16F2O/c1-8-4-5-9(11(13)14)6-10(8)12(2,3)7-15/h4-6,11,15H,7H2,1-3H3. The van der Waals surface area contributed by atoms with Crippen LogP contribution in [0.3, 0.4) is 0 Å². The van der Waals surface area contributed by atoms with Crippen LogP contribution in [0.1, 0.15) is 37.0 Å². The maximum absolute atomic E-state index is 12.5. The molecule has 3 heteroatoms. The van der Waals surface area contributed by atoms with Crippen molar-refractivity contribution >= 4 is 0 Å². The van der Waals surface area contributed by atoms with E-state index >= 15 is 0 Å². The molecule has 84 valence electrons. The molecule has 15 heavy (non-hydrogen) atoms. The van der Waals surface area contributed by atoms with Crippen LogP contribution in [0.15, 0.2) is 18.2 Å². The van der Waals surface area contributed by atoms with Crippen molar-refractivity contribution in [3.63, 3.8) is 0 Å². The Kier molecular flexibility index (Phi) is 3.45. The highest BCUT2D eigenvalue weighted by molar-refractivity contribution is 5.36. The first-order valence-corrected chi connectivity index (χ1v) is 4.88. The zero-order chi connectivity index (χ0) is 11.6. The van der Waals surface area contributed by atoms with Crippen LogP contribution in [0.4, 0.5) is 8.78 Å². The number of alkyl halides is 2. The normalized spacial score (nSPS) is 12.2. The summed E-state index contributed by atoms with van der Waals surface area (Å²) in [4.78, 5) is 0. The maximum Gasteiger partial charge on any atom is 0.263 e. The van der Waals surface area contributed by atoms with E-state index in [1.54, 1.807) is 6.07 Å². The fraction of sp³-hybridized carbons (Fsp3) is 0.500. The minimum absolute atomic E-state index is 0.0112. The second kappa shape index (κ2) is 4.27. The van der Waals surface area contributed by atoms with Crippen LogP contribution in [0, 0.1) is 6.92 Å². The quantitative estimate of drug-likeness (QED) is 0.819. The van der Waals surface area contributed by atoms with Crippen LogP contribution in [-0.2, 0) is 5.41 Å². The highest BCUT2D eigenvalue weighted by atomic mass is 19.3. The first-order valence-electron chi connectivity index (χ1n) is 4.88. The van der Waals surface area contributed by atoms with E-state index < -0.39 is 11.8 Å². The number of aliphatic hydroxyl groups excluding tert-OH is 1. The third-order valence-electron chi connectivity index (χ3n) is 2.64. The van der Waals surface area contributed by atoms with Gasteiger partial charge in [0.1, 0.15) is 0 Å². The molecule has 0 aromatic heterocycles. The van der Waals surface area contributed by atoms with Gasteiger partial charge in [0.05, 0.1) is 6.61 Å². The van der Waals surface area contributed by atoms with Crippen molar-refractivity contribution in [2.24, 2.45) is 0 Å². The molecule has 0 fully saturated rings. The van der Waals surface area contributed by atoms with Gasteiger partial charge in [0.15, 0.2) is 0 Å². The van der Waals surface area contributed by atoms with Crippen LogP contribution in [-0.4, -0.2) is 11.7 Å². The molecular formula is C12H16F2O. The largest absolute Gasteiger partial charge is 0.395 e. The van der Waals surface area contributed by atoms with E-state index in [-0.39, 0.29) is 12.2 Å². The molecule has 0 bridgehead atoms. The number of aryl methyl sites for hydroxylation is 1. The SMILES string of the molecule is Cc1ccc(C(F)F)cc1C(C)(C)CO. The van der Waals surface area contributed by atoms with Crippen LogP contribution in [0.5, 0.6) is 0 Å². The minimum atomic E-state index is -2.46. The molecule has 0 unspecified atom stereocenters. The molecule has 0 aliphatic heterocycles. The first-order chi connectivity index (χ1) is 6.88. The highest BCUT2D eigenvalue weighted by Crippen LogP contribution is 2.29. The smallest absolute Gasteiger partial charge is 0.263 e. The van der Waals surface area contributed by atoms with E-state index in [0.717, 1.165) is 11.1 Å². The maximum atomic E-state index is 12.5. The van der Waals surface area contributed by atoms with Gasteiger partial charge >= 0.3 is 0 Å². The van der Waals surface area contributed by atoms with Gasteiger partial charge in [-0.2, -0.15) is 0 Å². The van der Waals surface area contributed by atoms with E-state index in [2.05, 4.69) is 0 Å². The third kappa shape index (κ3) is 2.53. The van der Waals surface area contributed by atoms with E-state index in [4.69, 9.17) is 0 Å². The Hall–Kier alpha value is -0.960. The number of hydrogen-bond acceptors (Lipinski definition) is 1. The Bertz CT molecular complexity index is 345. The van der Waals surface area contributed by atoms with Crippen molar-refractivity contribution in [2.75, 3.05) is 6.61 Å². The van der Waals surface area contributed by atoms with Crippen LogP contribution in [0.25, 0.3) is 0 Å². The van der Waals surface area contributed by atoms with Crippen LogP contribution >= 0.6 is 0 Å². The summed E-state index contributed by atoms with van der Waals surface area (Å²) in [7, 11) is 0. The topological polar surface area (TPSA) is 20.2 Å². The van der Waals surface area contributed by atoms with Crippen molar-refractivity contribution in [3.8, 4) is 0 Å². The lowest BCUT2D eigenvalue weighted by Gasteiger charge is -2.25. The molecule has 0 saturated heterocycles. The predicted molar refractivity (Wildman–Crippen MR) is 56.2 cm³/mol. The Morgan fingerprint density at radius 1 is 1.33 bits per heavy atom. The summed E-state index contributed by atoms with van der Waals surface area (Å²) in [6.07, 6.45) is -2.46. The predicted octanol–water partition coefficient (Wildman–Crippen LogP) is 3.20. The molecule has 1 rings (SSSR count). The van der Waals surface area contributed by atoms with Crippen molar-refractivity contribution in [1.82, 2.24) is 0 Å². The van der Waals surface area contributed by atoms with Crippen LogP contribution < -0.4 is 0 Å². The van der Waals surface area contributed by atoms with Gasteiger partial charge in [-0.15, -0.1) is 0 Å². The molecule has 0 heterocycles. The Balaban J connectivity index is 3.22. The number of halogens is 2.